The first-order chi connectivity index (χ1) is 11.2. The Morgan fingerprint density at radius 1 is 1.09 bits per heavy atom. The zero-order chi connectivity index (χ0) is 16.1. The van der Waals surface area contributed by atoms with E-state index in [2.05, 4.69) is 14.9 Å². The van der Waals surface area contributed by atoms with E-state index in [0.717, 1.165) is 23.5 Å². The van der Waals surface area contributed by atoms with E-state index < -0.39 is 0 Å². The van der Waals surface area contributed by atoms with Gasteiger partial charge in [-0.25, -0.2) is 4.39 Å². The quantitative estimate of drug-likeness (QED) is 0.782. The van der Waals surface area contributed by atoms with Gasteiger partial charge in [-0.3, -0.25) is 4.79 Å². The molecule has 6 heteroatoms. The molecule has 0 unspecified atom stereocenters. The molecule has 116 valence electrons. The molecule has 0 saturated heterocycles. The Labute approximate surface area is 137 Å². The SMILES string of the molecule is O=C(NCCc1ccccc1)c1snnc1-c1ccc(F)cc1. The van der Waals surface area contributed by atoms with Crippen molar-refractivity contribution in [3.63, 3.8) is 0 Å². The average molecular weight is 327 g/mol. The van der Waals surface area contributed by atoms with Gasteiger partial charge in [0.05, 0.1) is 0 Å². The fourth-order valence-corrected chi connectivity index (χ4v) is 2.79. The fraction of sp³-hybridized carbons (Fsp3) is 0.118. The van der Waals surface area contributed by atoms with Crippen molar-refractivity contribution in [1.82, 2.24) is 14.9 Å². The van der Waals surface area contributed by atoms with E-state index in [4.69, 9.17) is 0 Å². The van der Waals surface area contributed by atoms with Crippen LogP contribution >= 0.6 is 11.5 Å². The van der Waals surface area contributed by atoms with Gasteiger partial charge in [-0.2, -0.15) is 0 Å². The van der Waals surface area contributed by atoms with Crippen molar-refractivity contribution < 1.29 is 9.18 Å². The zero-order valence-electron chi connectivity index (χ0n) is 12.2. The van der Waals surface area contributed by atoms with Crippen molar-refractivity contribution in [2.75, 3.05) is 6.54 Å². The third-order valence-corrected chi connectivity index (χ3v) is 4.08. The molecule has 3 aromatic rings. The number of carbonyl (C=O) groups is 1. The van der Waals surface area contributed by atoms with Gasteiger partial charge in [0.15, 0.2) is 0 Å². The average Bonchev–Trinajstić information content (AvgIpc) is 3.06. The predicted octanol–water partition coefficient (Wildman–Crippen LogP) is 3.32. The Balaban J connectivity index is 1.66. The molecule has 1 amide bonds. The number of hydrogen-bond acceptors (Lipinski definition) is 4. The standard InChI is InChI=1S/C17H14FN3OS/c18-14-8-6-13(7-9-14)15-16(23-21-20-15)17(22)19-11-10-12-4-2-1-3-5-12/h1-9H,10-11H2,(H,19,22). The number of carbonyl (C=O) groups excluding carboxylic acids is 1. The Bertz CT molecular complexity index is 787. The number of benzene rings is 2. The molecule has 0 aliphatic heterocycles. The summed E-state index contributed by atoms with van der Waals surface area (Å²) in [4.78, 5) is 12.7. The second-order valence-electron chi connectivity index (χ2n) is 4.95. The molecule has 0 spiro atoms. The van der Waals surface area contributed by atoms with E-state index in [1.54, 1.807) is 12.1 Å². The summed E-state index contributed by atoms with van der Waals surface area (Å²) in [5.74, 6) is -0.541. The lowest BCUT2D eigenvalue weighted by Crippen LogP contribution is -2.25. The van der Waals surface area contributed by atoms with Crippen LogP contribution in [0.25, 0.3) is 11.3 Å². The van der Waals surface area contributed by atoms with E-state index in [0.29, 0.717) is 22.7 Å². The van der Waals surface area contributed by atoms with Crippen LogP contribution in [0.5, 0.6) is 0 Å². The second-order valence-corrected chi connectivity index (χ2v) is 5.70. The molecular weight excluding hydrogens is 313 g/mol. The molecule has 23 heavy (non-hydrogen) atoms. The van der Waals surface area contributed by atoms with Gasteiger partial charge in [-0.1, -0.05) is 34.8 Å². The van der Waals surface area contributed by atoms with Crippen LogP contribution in [0.2, 0.25) is 0 Å². The van der Waals surface area contributed by atoms with Crippen LogP contribution in [0.1, 0.15) is 15.2 Å². The first-order valence-corrected chi connectivity index (χ1v) is 7.92. The van der Waals surface area contributed by atoms with Crippen LogP contribution in [0.15, 0.2) is 54.6 Å². The Kier molecular flexibility index (Phi) is 4.73. The summed E-state index contributed by atoms with van der Waals surface area (Å²) >= 11 is 1.04. The molecule has 0 radical (unpaired) electrons. The minimum atomic E-state index is -0.328. The van der Waals surface area contributed by atoms with Gasteiger partial charge in [-0.15, -0.1) is 5.10 Å². The summed E-state index contributed by atoms with van der Waals surface area (Å²) in [6, 6.07) is 15.8. The summed E-state index contributed by atoms with van der Waals surface area (Å²) in [5, 5.41) is 6.86. The maximum absolute atomic E-state index is 13.0. The molecule has 0 aliphatic rings. The fourth-order valence-electron chi connectivity index (χ4n) is 2.18. The highest BCUT2D eigenvalue weighted by Crippen LogP contribution is 2.23. The molecule has 0 bridgehead atoms. The second kappa shape index (κ2) is 7.11. The number of aromatic nitrogens is 2. The van der Waals surface area contributed by atoms with Gasteiger partial charge in [0.25, 0.3) is 5.91 Å². The molecule has 1 heterocycles. The van der Waals surface area contributed by atoms with Crippen LogP contribution < -0.4 is 5.32 Å². The summed E-state index contributed by atoms with van der Waals surface area (Å²) in [6.07, 6.45) is 0.755. The summed E-state index contributed by atoms with van der Waals surface area (Å²) in [7, 11) is 0. The van der Waals surface area contributed by atoms with Crippen LogP contribution in [-0.4, -0.2) is 22.0 Å². The lowest BCUT2D eigenvalue weighted by molar-refractivity contribution is 0.0958. The molecular formula is C17H14FN3OS. The van der Waals surface area contributed by atoms with Crippen molar-refractivity contribution >= 4 is 17.4 Å². The normalized spacial score (nSPS) is 10.5. The van der Waals surface area contributed by atoms with Crippen LogP contribution in [0, 0.1) is 5.82 Å². The minimum Gasteiger partial charge on any atom is -0.351 e. The first-order valence-electron chi connectivity index (χ1n) is 7.14. The molecule has 0 aliphatic carbocycles. The number of nitrogens with zero attached hydrogens (tertiary/aromatic N) is 2. The van der Waals surface area contributed by atoms with Crippen LogP contribution in [0.3, 0.4) is 0 Å². The van der Waals surface area contributed by atoms with E-state index >= 15 is 0 Å². The number of rotatable bonds is 5. The maximum atomic E-state index is 13.0. The molecule has 0 saturated carbocycles. The van der Waals surface area contributed by atoms with Crippen molar-refractivity contribution in [2.24, 2.45) is 0 Å². The van der Waals surface area contributed by atoms with E-state index in [1.807, 2.05) is 30.3 Å². The molecule has 2 aromatic carbocycles. The highest BCUT2D eigenvalue weighted by Gasteiger charge is 2.17. The maximum Gasteiger partial charge on any atom is 0.265 e. The monoisotopic (exact) mass is 327 g/mol. The lowest BCUT2D eigenvalue weighted by Gasteiger charge is -2.05. The minimum absolute atomic E-state index is 0.213. The van der Waals surface area contributed by atoms with Gasteiger partial charge in [0.1, 0.15) is 16.4 Å². The van der Waals surface area contributed by atoms with Crippen molar-refractivity contribution in [3.8, 4) is 11.3 Å². The van der Waals surface area contributed by atoms with Gasteiger partial charge in [0.2, 0.25) is 0 Å². The highest BCUT2D eigenvalue weighted by molar-refractivity contribution is 7.08. The Morgan fingerprint density at radius 3 is 2.57 bits per heavy atom. The molecule has 1 aromatic heterocycles. The predicted molar refractivity (Wildman–Crippen MR) is 87.8 cm³/mol. The highest BCUT2D eigenvalue weighted by atomic mass is 32.1. The van der Waals surface area contributed by atoms with Crippen molar-refractivity contribution in [1.29, 1.82) is 0 Å². The van der Waals surface area contributed by atoms with Crippen LogP contribution in [-0.2, 0) is 6.42 Å². The van der Waals surface area contributed by atoms with Crippen molar-refractivity contribution in [2.45, 2.75) is 6.42 Å². The van der Waals surface area contributed by atoms with E-state index in [1.165, 1.54) is 12.1 Å². The van der Waals surface area contributed by atoms with Crippen molar-refractivity contribution in [3.05, 3.63) is 70.9 Å². The number of amides is 1. The first kappa shape index (κ1) is 15.3. The Hall–Kier alpha value is -2.60. The molecule has 0 atom stereocenters. The molecule has 4 nitrogen and oxygen atoms in total. The number of nitrogens with one attached hydrogen (secondary N) is 1. The van der Waals surface area contributed by atoms with Crippen LogP contribution in [0.4, 0.5) is 4.39 Å². The number of halogens is 1. The molecule has 0 fully saturated rings. The summed E-state index contributed by atoms with van der Waals surface area (Å²) in [5.41, 5.74) is 2.31. The third kappa shape index (κ3) is 3.78. The van der Waals surface area contributed by atoms with E-state index in [9.17, 15) is 9.18 Å². The lowest BCUT2D eigenvalue weighted by atomic mass is 10.1. The zero-order valence-corrected chi connectivity index (χ0v) is 13.0. The summed E-state index contributed by atoms with van der Waals surface area (Å²) in [6.45, 7) is 0.531. The van der Waals surface area contributed by atoms with E-state index in [-0.39, 0.29) is 11.7 Å². The topological polar surface area (TPSA) is 54.9 Å². The number of hydrogen-bond donors (Lipinski definition) is 1. The van der Waals surface area contributed by atoms with Gasteiger partial charge in [-0.05, 0) is 47.8 Å². The largest absolute Gasteiger partial charge is 0.351 e. The van der Waals surface area contributed by atoms with Gasteiger partial charge in [0, 0.05) is 12.1 Å². The third-order valence-electron chi connectivity index (χ3n) is 3.35. The summed E-state index contributed by atoms with van der Waals surface area (Å²) < 4.78 is 16.8. The molecule has 3 rings (SSSR count). The molecule has 1 N–H and O–H groups in total. The van der Waals surface area contributed by atoms with Gasteiger partial charge >= 0.3 is 0 Å². The smallest absolute Gasteiger partial charge is 0.265 e. The van der Waals surface area contributed by atoms with Gasteiger partial charge < -0.3 is 5.32 Å². The Morgan fingerprint density at radius 2 is 1.83 bits per heavy atom.